The van der Waals surface area contributed by atoms with Crippen LogP contribution in [0.4, 0.5) is 11.5 Å². The summed E-state index contributed by atoms with van der Waals surface area (Å²) in [5, 5.41) is 4.44. The van der Waals surface area contributed by atoms with Gasteiger partial charge in [0.1, 0.15) is 22.7 Å². The maximum Gasteiger partial charge on any atom is 0.254 e. The Labute approximate surface area is 238 Å². The predicted octanol–water partition coefficient (Wildman–Crippen LogP) is 4.71. The van der Waals surface area contributed by atoms with Crippen LogP contribution in [-0.2, 0) is 13.6 Å². The molecule has 0 radical (unpaired) electrons. The Bertz CT molecular complexity index is 1750. The van der Waals surface area contributed by atoms with Crippen LogP contribution < -0.4 is 15.8 Å². The van der Waals surface area contributed by atoms with Crippen molar-refractivity contribution >= 4 is 39.5 Å². The zero-order valence-corrected chi connectivity index (χ0v) is 23.4. The molecule has 1 saturated carbocycles. The van der Waals surface area contributed by atoms with Crippen LogP contribution in [0.2, 0.25) is 0 Å². The number of piperidine rings is 1. The Morgan fingerprint density at radius 1 is 1.10 bits per heavy atom. The van der Waals surface area contributed by atoms with Crippen LogP contribution in [0.25, 0.3) is 33.6 Å². The summed E-state index contributed by atoms with van der Waals surface area (Å²) in [5.41, 5.74) is 11.2. The Kier molecular flexibility index (Phi) is 6.34. The lowest BCUT2D eigenvalue weighted by Crippen LogP contribution is -2.45. The minimum atomic E-state index is -0.0335. The van der Waals surface area contributed by atoms with Crippen LogP contribution in [0.1, 0.15) is 36.0 Å². The lowest BCUT2D eigenvalue weighted by molar-refractivity contribution is 0.0708. The molecule has 10 nitrogen and oxygen atoms in total. The van der Waals surface area contributed by atoms with Gasteiger partial charge in [-0.25, -0.2) is 9.97 Å². The number of likely N-dealkylation sites (tertiary alicyclic amines) is 1. The largest absolute Gasteiger partial charge is 0.494 e. The number of benzene rings is 1. The smallest absolute Gasteiger partial charge is 0.254 e. The fraction of sp³-hybridized carbons (Fsp3) is 0.355. The Morgan fingerprint density at radius 3 is 2.68 bits per heavy atom. The number of anilines is 2. The Hall–Kier alpha value is -4.44. The van der Waals surface area contributed by atoms with E-state index in [1.807, 2.05) is 42.3 Å². The van der Waals surface area contributed by atoms with Gasteiger partial charge >= 0.3 is 0 Å². The molecular weight excluding hydrogens is 516 g/mol. The normalized spacial score (nSPS) is 17.3. The van der Waals surface area contributed by atoms with Crippen molar-refractivity contribution in [1.29, 1.82) is 0 Å². The van der Waals surface area contributed by atoms with E-state index in [1.54, 1.807) is 19.5 Å². The fourth-order valence-corrected chi connectivity index (χ4v) is 5.90. The number of aryl methyl sites for hydroxylation is 1. The summed E-state index contributed by atoms with van der Waals surface area (Å²) in [4.78, 5) is 29.5. The molecule has 1 atom stereocenters. The number of amides is 1. The van der Waals surface area contributed by atoms with E-state index in [0.29, 0.717) is 30.3 Å². The molecule has 1 aliphatic heterocycles. The van der Waals surface area contributed by atoms with Crippen molar-refractivity contribution in [3.63, 3.8) is 0 Å². The van der Waals surface area contributed by atoms with E-state index in [-0.39, 0.29) is 11.9 Å². The molecule has 2 fully saturated rings. The molecule has 1 amide bonds. The topological polar surface area (TPSA) is 116 Å². The molecule has 7 rings (SSSR count). The summed E-state index contributed by atoms with van der Waals surface area (Å²) in [6.07, 6.45) is 7.82. The number of ether oxygens (including phenoxy) is 1. The van der Waals surface area contributed by atoms with E-state index in [9.17, 15) is 4.79 Å². The highest BCUT2D eigenvalue weighted by Gasteiger charge is 2.28. The zero-order chi connectivity index (χ0) is 28.1. The molecule has 1 aliphatic carbocycles. The molecule has 4 aromatic heterocycles. The van der Waals surface area contributed by atoms with Crippen molar-refractivity contribution < 1.29 is 9.53 Å². The van der Waals surface area contributed by atoms with Crippen LogP contribution in [0, 0.1) is 5.92 Å². The van der Waals surface area contributed by atoms with Crippen LogP contribution in [-0.4, -0.2) is 61.1 Å². The maximum absolute atomic E-state index is 13.4. The monoisotopic (exact) mass is 550 g/mol. The van der Waals surface area contributed by atoms with Gasteiger partial charge in [-0.15, -0.1) is 0 Å². The number of methoxy groups -OCH3 is 1. The van der Waals surface area contributed by atoms with Gasteiger partial charge in [0.2, 0.25) is 0 Å². The summed E-state index contributed by atoms with van der Waals surface area (Å²) < 4.78 is 10.2. The molecule has 0 spiro atoms. The second-order valence-electron chi connectivity index (χ2n) is 11.2. The minimum Gasteiger partial charge on any atom is -0.494 e. The summed E-state index contributed by atoms with van der Waals surface area (Å²) >= 11 is 0. The van der Waals surface area contributed by atoms with Crippen molar-refractivity contribution in [3.8, 4) is 17.3 Å². The number of carbonyl (C=O) groups is 1. The van der Waals surface area contributed by atoms with Gasteiger partial charge < -0.3 is 29.8 Å². The zero-order valence-electron chi connectivity index (χ0n) is 23.4. The number of aromatic nitrogens is 5. The van der Waals surface area contributed by atoms with Gasteiger partial charge in [0, 0.05) is 61.8 Å². The molecule has 1 aromatic carbocycles. The number of pyridine rings is 2. The molecule has 210 valence electrons. The first-order valence-corrected chi connectivity index (χ1v) is 14.3. The first kappa shape index (κ1) is 25.5. The van der Waals surface area contributed by atoms with E-state index in [4.69, 9.17) is 20.4 Å². The van der Waals surface area contributed by atoms with Crippen molar-refractivity contribution in [3.05, 3.63) is 60.4 Å². The van der Waals surface area contributed by atoms with Crippen molar-refractivity contribution in [1.82, 2.24) is 29.0 Å². The van der Waals surface area contributed by atoms with Gasteiger partial charge in [-0.3, -0.25) is 9.78 Å². The van der Waals surface area contributed by atoms with Crippen LogP contribution >= 0.6 is 0 Å². The van der Waals surface area contributed by atoms with Gasteiger partial charge in [-0.05, 0) is 74.1 Å². The van der Waals surface area contributed by atoms with Gasteiger partial charge in [0.05, 0.1) is 18.3 Å². The molecule has 3 N–H and O–H groups in total. The summed E-state index contributed by atoms with van der Waals surface area (Å²) in [6.45, 7) is 2.16. The number of nitrogens with one attached hydrogen (secondary N) is 1. The third kappa shape index (κ3) is 4.78. The number of fused-ring (bicyclic) bond motifs is 2. The molecule has 5 heterocycles. The van der Waals surface area contributed by atoms with Gasteiger partial charge in [0.15, 0.2) is 5.82 Å². The quantitative estimate of drug-likeness (QED) is 0.301. The molecule has 2 aliphatic rings. The van der Waals surface area contributed by atoms with Crippen LogP contribution in [0.5, 0.6) is 5.75 Å². The highest BCUT2D eigenvalue weighted by atomic mass is 16.5. The van der Waals surface area contributed by atoms with E-state index in [1.165, 1.54) is 12.8 Å². The molecule has 10 heteroatoms. The van der Waals surface area contributed by atoms with E-state index in [0.717, 1.165) is 64.5 Å². The summed E-state index contributed by atoms with van der Waals surface area (Å²) in [5.74, 6) is 2.81. The van der Waals surface area contributed by atoms with Crippen LogP contribution in [0.15, 0.2) is 54.9 Å². The molecule has 41 heavy (non-hydrogen) atoms. The van der Waals surface area contributed by atoms with E-state index in [2.05, 4.69) is 31.6 Å². The van der Waals surface area contributed by atoms with E-state index < -0.39 is 0 Å². The lowest BCUT2D eigenvalue weighted by Gasteiger charge is -2.30. The number of nitrogens with zero attached hydrogens (tertiary/aromatic N) is 6. The molecular formula is C31H34N8O2. The second-order valence-corrected chi connectivity index (χ2v) is 11.2. The predicted molar refractivity (Wildman–Crippen MR) is 159 cm³/mol. The first-order valence-electron chi connectivity index (χ1n) is 14.3. The number of imidazole rings is 1. The fourth-order valence-electron chi connectivity index (χ4n) is 5.90. The first-order chi connectivity index (χ1) is 20.0. The number of hydrogen-bond acceptors (Lipinski definition) is 7. The molecule has 0 bridgehead atoms. The highest BCUT2D eigenvalue weighted by molar-refractivity contribution is 6.00. The second kappa shape index (κ2) is 10.2. The van der Waals surface area contributed by atoms with Crippen molar-refractivity contribution in [2.75, 3.05) is 25.5 Å². The average molecular weight is 551 g/mol. The minimum absolute atomic E-state index is 0.0159. The third-order valence-electron chi connectivity index (χ3n) is 8.21. The Morgan fingerprint density at radius 2 is 1.93 bits per heavy atom. The maximum atomic E-state index is 13.4. The summed E-state index contributed by atoms with van der Waals surface area (Å²) in [7, 11) is 3.64. The summed E-state index contributed by atoms with van der Waals surface area (Å²) in [6, 6.07) is 13.8. The average Bonchev–Trinajstić information content (AvgIpc) is 3.66. The number of rotatable bonds is 7. The van der Waals surface area contributed by atoms with Crippen molar-refractivity contribution in [2.24, 2.45) is 18.7 Å². The Balaban J connectivity index is 1.32. The molecule has 0 unspecified atom stereocenters. The van der Waals surface area contributed by atoms with E-state index >= 15 is 0 Å². The standard InChI is InChI=1S/C31H34N8O2/c1-37-28-24(14-21(16-26(28)41-2)31(40)38-13-3-4-22(32)18-38)35-30(37)25-15-20-7-8-27(34-23-9-11-33-12-10-23)36-29(20)39(25)17-19-5-6-19/h7-12,14-16,19,22H,3-6,13,17-18,32H2,1-2H3,(H,33,34,36)/t22-/m1/s1. The number of carbonyl (C=O) groups excluding carboxylic acids is 1. The van der Waals surface area contributed by atoms with Crippen molar-refractivity contribution in [2.45, 2.75) is 38.3 Å². The number of nitrogens with two attached hydrogens (primary N) is 1. The van der Waals surface area contributed by atoms with Crippen LogP contribution in [0.3, 0.4) is 0 Å². The SMILES string of the molecule is COc1cc(C(=O)N2CCC[C@@H](N)C2)cc2nc(-c3cc4ccc(Nc5ccncc5)nc4n3CC3CC3)n(C)c12. The molecule has 1 saturated heterocycles. The lowest BCUT2D eigenvalue weighted by atomic mass is 10.0. The van der Waals surface area contributed by atoms with Gasteiger partial charge in [-0.2, -0.15) is 0 Å². The highest BCUT2D eigenvalue weighted by Crippen LogP contribution is 2.38. The van der Waals surface area contributed by atoms with Gasteiger partial charge in [0.25, 0.3) is 5.91 Å². The van der Waals surface area contributed by atoms with Gasteiger partial charge in [-0.1, -0.05) is 0 Å². The molecule has 5 aromatic rings. The number of hydrogen-bond donors (Lipinski definition) is 2. The third-order valence-corrected chi connectivity index (χ3v) is 8.21.